The fraction of sp³-hybridized carbons (Fsp3) is 0.400. The summed E-state index contributed by atoms with van der Waals surface area (Å²) in [5, 5.41) is 3.72. The first-order valence-corrected chi connectivity index (χ1v) is 7.99. The largest absolute Gasteiger partial charge is 0.399 e. The summed E-state index contributed by atoms with van der Waals surface area (Å²) in [6.07, 6.45) is 0. The standard InChI is InChI=1S/C20H28N2/c1-14(2)15-6-8-16(9-7-15)19(22-20(3,4)5)17-10-12-18(21)13-11-17/h6-14,19,22H,21H2,1-5H3. The second kappa shape index (κ2) is 6.53. The third-order valence-corrected chi connectivity index (χ3v) is 3.78. The van der Waals surface area contributed by atoms with Crippen molar-refractivity contribution in [2.24, 2.45) is 0 Å². The number of nitrogen functional groups attached to an aromatic ring is 1. The molecule has 0 radical (unpaired) electrons. The highest BCUT2D eigenvalue weighted by atomic mass is 15.0. The minimum atomic E-state index is 0.0305. The van der Waals surface area contributed by atoms with E-state index in [4.69, 9.17) is 5.73 Å². The summed E-state index contributed by atoms with van der Waals surface area (Å²) in [6.45, 7) is 11.0. The fourth-order valence-electron chi connectivity index (χ4n) is 2.55. The topological polar surface area (TPSA) is 38.0 Å². The van der Waals surface area contributed by atoms with Crippen LogP contribution in [0.15, 0.2) is 48.5 Å². The third-order valence-electron chi connectivity index (χ3n) is 3.78. The summed E-state index contributed by atoms with van der Waals surface area (Å²) in [4.78, 5) is 0. The van der Waals surface area contributed by atoms with E-state index < -0.39 is 0 Å². The molecule has 0 aliphatic heterocycles. The average Bonchev–Trinajstić information content (AvgIpc) is 2.45. The Bertz CT molecular complexity index is 589. The lowest BCUT2D eigenvalue weighted by atomic mass is 9.93. The Morgan fingerprint density at radius 1 is 0.773 bits per heavy atom. The predicted octanol–water partition coefficient (Wildman–Crippen LogP) is 4.87. The number of anilines is 1. The van der Waals surface area contributed by atoms with Crippen molar-refractivity contribution in [2.75, 3.05) is 5.73 Å². The van der Waals surface area contributed by atoms with Crippen LogP contribution in [0.4, 0.5) is 5.69 Å². The molecule has 1 atom stereocenters. The second-order valence-electron chi connectivity index (χ2n) is 7.32. The van der Waals surface area contributed by atoms with E-state index in [9.17, 15) is 0 Å². The van der Waals surface area contributed by atoms with E-state index in [2.05, 4.69) is 76.3 Å². The van der Waals surface area contributed by atoms with Crippen molar-refractivity contribution in [3.63, 3.8) is 0 Å². The number of rotatable bonds is 4. The summed E-state index contributed by atoms with van der Waals surface area (Å²) in [5.41, 5.74) is 10.5. The molecule has 2 aromatic carbocycles. The maximum absolute atomic E-state index is 5.83. The molecule has 0 fully saturated rings. The van der Waals surface area contributed by atoms with Crippen LogP contribution >= 0.6 is 0 Å². The van der Waals surface area contributed by atoms with Crippen LogP contribution in [0.3, 0.4) is 0 Å². The first-order chi connectivity index (χ1) is 10.3. The number of hydrogen-bond acceptors (Lipinski definition) is 2. The van der Waals surface area contributed by atoms with Crippen molar-refractivity contribution in [2.45, 2.75) is 52.1 Å². The summed E-state index contributed by atoms with van der Waals surface area (Å²) >= 11 is 0. The van der Waals surface area contributed by atoms with Crippen molar-refractivity contribution >= 4 is 5.69 Å². The molecule has 2 nitrogen and oxygen atoms in total. The fourth-order valence-corrected chi connectivity index (χ4v) is 2.55. The molecule has 0 saturated heterocycles. The molecule has 1 unspecified atom stereocenters. The van der Waals surface area contributed by atoms with E-state index in [1.807, 2.05) is 12.1 Å². The minimum Gasteiger partial charge on any atom is -0.399 e. The van der Waals surface area contributed by atoms with Gasteiger partial charge in [-0.3, -0.25) is 0 Å². The van der Waals surface area contributed by atoms with Gasteiger partial charge in [-0.25, -0.2) is 0 Å². The normalized spacial score (nSPS) is 13.4. The van der Waals surface area contributed by atoms with Gasteiger partial charge in [0.25, 0.3) is 0 Å². The lowest BCUT2D eigenvalue weighted by Gasteiger charge is -2.29. The smallest absolute Gasteiger partial charge is 0.0580 e. The molecular formula is C20H28N2. The van der Waals surface area contributed by atoms with E-state index in [0.29, 0.717) is 5.92 Å². The zero-order valence-electron chi connectivity index (χ0n) is 14.4. The molecule has 3 N–H and O–H groups in total. The predicted molar refractivity (Wildman–Crippen MR) is 96.1 cm³/mol. The van der Waals surface area contributed by atoms with Crippen LogP contribution in [0.25, 0.3) is 0 Å². The minimum absolute atomic E-state index is 0.0305. The Kier molecular flexibility index (Phi) is 4.92. The van der Waals surface area contributed by atoms with Gasteiger partial charge in [0.05, 0.1) is 6.04 Å². The highest BCUT2D eigenvalue weighted by molar-refractivity contribution is 5.43. The van der Waals surface area contributed by atoms with Crippen LogP contribution in [-0.4, -0.2) is 5.54 Å². The van der Waals surface area contributed by atoms with Crippen molar-refractivity contribution in [3.05, 3.63) is 65.2 Å². The zero-order valence-corrected chi connectivity index (χ0v) is 14.4. The Morgan fingerprint density at radius 2 is 1.18 bits per heavy atom. The Balaban J connectivity index is 2.37. The van der Waals surface area contributed by atoms with E-state index in [-0.39, 0.29) is 11.6 Å². The number of benzene rings is 2. The molecule has 2 rings (SSSR count). The summed E-state index contributed by atoms with van der Waals surface area (Å²) < 4.78 is 0. The second-order valence-corrected chi connectivity index (χ2v) is 7.32. The number of hydrogen-bond donors (Lipinski definition) is 2. The van der Waals surface area contributed by atoms with Gasteiger partial charge in [0.1, 0.15) is 0 Å². The summed E-state index contributed by atoms with van der Waals surface area (Å²) in [5.74, 6) is 0.555. The maximum atomic E-state index is 5.83. The van der Waals surface area contributed by atoms with Crippen molar-refractivity contribution < 1.29 is 0 Å². The molecule has 0 bridgehead atoms. The summed E-state index contributed by atoms with van der Waals surface area (Å²) in [7, 11) is 0. The molecule has 0 aliphatic rings. The van der Waals surface area contributed by atoms with E-state index in [1.165, 1.54) is 16.7 Å². The van der Waals surface area contributed by atoms with Gasteiger partial charge in [0, 0.05) is 11.2 Å². The van der Waals surface area contributed by atoms with Crippen LogP contribution in [0.5, 0.6) is 0 Å². The van der Waals surface area contributed by atoms with E-state index in [1.54, 1.807) is 0 Å². The SMILES string of the molecule is CC(C)c1ccc(C(NC(C)(C)C)c2ccc(N)cc2)cc1. The van der Waals surface area contributed by atoms with Gasteiger partial charge in [-0.05, 0) is 55.5 Å². The first kappa shape index (κ1) is 16.6. The van der Waals surface area contributed by atoms with Crippen molar-refractivity contribution in [1.29, 1.82) is 0 Å². The Labute approximate surface area is 134 Å². The molecule has 0 aromatic heterocycles. The molecule has 0 aliphatic carbocycles. The molecule has 2 heteroatoms. The van der Waals surface area contributed by atoms with Crippen molar-refractivity contribution in [3.8, 4) is 0 Å². The van der Waals surface area contributed by atoms with Crippen LogP contribution in [-0.2, 0) is 0 Å². The van der Waals surface area contributed by atoms with Gasteiger partial charge < -0.3 is 11.1 Å². The monoisotopic (exact) mass is 296 g/mol. The molecule has 0 amide bonds. The van der Waals surface area contributed by atoms with Crippen LogP contribution in [0.2, 0.25) is 0 Å². The van der Waals surface area contributed by atoms with Gasteiger partial charge >= 0.3 is 0 Å². The Hall–Kier alpha value is -1.80. The van der Waals surface area contributed by atoms with Crippen LogP contribution < -0.4 is 11.1 Å². The highest BCUT2D eigenvalue weighted by Gasteiger charge is 2.20. The lowest BCUT2D eigenvalue weighted by molar-refractivity contribution is 0.391. The third kappa shape index (κ3) is 4.35. The molecule has 0 saturated carbocycles. The van der Waals surface area contributed by atoms with Crippen LogP contribution in [0, 0.1) is 0 Å². The molecule has 22 heavy (non-hydrogen) atoms. The lowest BCUT2D eigenvalue weighted by Crippen LogP contribution is -2.39. The number of nitrogens with one attached hydrogen (secondary N) is 1. The maximum Gasteiger partial charge on any atom is 0.0580 e. The Morgan fingerprint density at radius 3 is 1.59 bits per heavy atom. The molecule has 0 heterocycles. The van der Waals surface area contributed by atoms with E-state index >= 15 is 0 Å². The van der Waals surface area contributed by atoms with Gasteiger partial charge in [-0.15, -0.1) is 0 Å². The van der Waals surface area contributed by atoms with E-state index in [0.717, 1.165) is 5.69 Å². The molecule has 2 aromatic rings. The van der Waals surface area contributed by atoms with Crippen molar-refractivity contribution in [1.82, 2.24) is 5.32 Å². The van der Waals surface area contributed by atoms with Gasteiger partial charge in [0.15, 0.2) is 0 Å². The molecule has 0 spiro atoms. The number of nitrogens with two attached hydrogens (primary N) is 1. The first-order valence-electron chi connectivity index (χ1n) is 7.99. The van der Waals surface area contributed by atoms with Gasteiger partial charge in [0.2, 0.25) is 0 Å². The highest BCUT2D eigenvalue weighted by Crippen LogP contribution is 2.27. The van der Waals surface area contributed by atoms with Crippen LogP contribution in [0.1, 0.15) is 63.3 Å². The van der Waals surface area contributed by atoms with Gasteiger partial charge in [-0.2, -0.15) is 0 Å². The zero-order chi connectivity index (χ0) is 16.3. The quantitative estimate of drug-likeness (QED) is 0.790. The molecular weight excluding hydrogens is 268 g/mol. The summed E-state index contributed by atoms with van der Waals surface area (Å²) in [6, 6.07) is 17.2. The average molecular weight is 296 g/mol. The molecule has 118 valence electrons. The van der Waals surface area contributed by atoms with Gasteiger partial charge in [-0.1, -0.05) is 50.2 Å².